The molecule has 2 nitrogen and oxygen atoms in total. The molecular formula is C12H12O2S. The molecular weight excluding hydrogens is 208 g/mol. The van der Waals surface area contributed by atoms with Gasteiger partial charge in [0.2, 0.25) is 0 Å². The molecule has 0 saturated heterocycles. The Morgan fingerprint density at radius 3 is 2.93 bits per heavy atom. The molecule has 78 valence electrons. The lowest BCUT2D eigenvalue weighted by molar-refractivity contribution is 0.0526. The third-order valence-corrected chi connectivity index (χ3v) is 3.17. The summed E-state index contributed by atoms with van der Waals surface area (Å²) in [6.45, 7) is 4.29. The smallest absolute Gasteiger partial charge is 0.338 e. The fraction of sp³-hybridized carbons (Fsp3) is 0.250. The Hall–Kier alpha value is -1.35. The summed E-state index contributed by atoms with van der Waals surface area (Å²) in [6, 6.07) is 7.79. The van der Waals surface area contributed by atoms with E-state index in [4.69, 9.17) is 4.74 Å². The molecule has 0 unspecified atom stereocenters. The fourth-order valence-electron chi connectivity index (χ4n) is 1.51. The second kappa shape index (κ2) is 4.03. The van der Waals surface area contributed by atoms with Crippen molar-refractivity contribution in [1.29, 1.82) is 0 Å². The first-order chi connectivity index (χ1) is 7.20. The van der Waals surface area contributed by atoms with Crippen LogP contribution in [0.2, 0.25) is 0 Å². The maximum Gasteiger partial charge on any atom is 0.338 e. The molecule has 0 N–H and O–H groups in total. The fourth-order valence-corrected chi connectivity index (χ4v) is 2.47. The van der Waals surface area contributed by atoms with Crippen molar-refractivity contribution in [2.24, 2.45) is 0 Å². The Labute approximate surface area is 92.5 Å². The molecule has 0 fully saturated rings. The molecule has 2 rings (SSSR count). The maximum atomic E-state index is 11.5. The quantitative estimate of drug-likeness (QED) is 0.725. The van der Waals surface area contributed by atoms with Crippen LogP contribution in [0, 0.1) is 6.92 Å². The summed E-state index contributed by atoms with van der Waals surface area (Å²) >= 11 is 1.69. The predicted octanol–water partition coefficient (Wildman–Crippen LogP) is 3.39. The zero-order chi connectivity index (χ0) is 10.8. The van der Waals surface area contributed by atoms with E-state index in [0.717, 1.165) is 4.70 Å². The van der Waals surface area contributed by atoms with Gasteiger partial charge in [-0.15, -0.1) is 11.3 Å². The van der Waals surface area contributed by atoms with Gasteiger partial charge in [0.1, 0.15) is 0 Å². The molecule has 1 aromatic carbocycles. The Morgan fingerprint density at radius 1 is 1.40 bits per heavy atom. The minimum absolute atomic E-state index is 0.245. The Bertz CT molecular complexity index is 499. The van der Waals surface area contributed by atoms with Crippen molar-refractivity contribution in [3.63, 3.8) is 0 Å². The Balaban J connectivity index is 2.41. The summed E-state index contributed by atoms with van der Waals surface area (Å²) < 4.78 is 6.09. The monoisotopic (exact) mass is 220 g/mol. The van der Waals surface area contributed by atoms with Gasteiger partial charge in [-0.1, -0.05) is 6.07 Å². The molecule has 15 heavy (non-hydrogen) atoms. The molecule has 1 heterocycles. The second-order valence-electron chi connectivity index (χ2n) is 3.33. The number of aryl methyl sites for hydroxylation is 1. The molecule has 0 radical (unpaired) electrons. The summed E-state index contributed by atoms with van der Waals surface area (Å²) in [5.41, 5.74) is 0.631. The molecule has 2 aromatic rings. The molecule has 1 aromatic heterocycles. The Kier molecular flexibility index (Phi) is 2.73. The van der Waals surface area contributed by atoms with Gasteiger partial charge in [0.15, 0.2) is 0 Å². The highest BCUT2D eigenvalue weighted by Gasteiger charge is 2.07. The highest BCUT2D eigenvalue weighted by atomic mass is 32.1. The predicted molar refractivity (Wildman–Crippen MR) is 62.5 cm³/mol. The van der Waals surface area contributed by atoms with E-state index in [0.29, 0.717) is 12.2 Å². The van der Waals surface area contributed by atoms with Crippen LogP contribution < -0.4 is 0 Å². The lowest BCUT2D eigenvalue weighted by atomic mass is 10.2. The van der Waals surface area contributed by atoms with Crippen molar-refractivity contribution in [3.05, 3.63) is 34.7 Å². The molecule has 3 heteroatoms. The molecule has 0 bridgehead atoms. The van der Waals surface area contributed by atoms with Crippen LogP contribution in [0.1, 0.15) is 22.2 Å². The van der Waals surface area contributed by atoms with Crippen LogP contribution in [0.15, 0.2) is 24.3 Å². The largest absolute Gasteiger partial charge is 0.462 e. The van der Waals surface area contributed by atoms with E-state index >= 15 is 0 Å². The van der Waals surface area contributed by atoms with Crippen molar-refractivity contribution in [1.82, 2.24) is 0 Å². The van der Waals surface area contributed by atoms with Gasteiger partial charge in [0.05, 0.1) is 12.2 Å². The van der Waals surface area contributed by atoms with Gasteiger partial charge >= 0.3 is 5.97 Å². The van der Waals surface area contributed by atoms with Gasteiger partial charge in [-0.2, -0.15) is 0 Å². The van der Waals surface area contributed by atoms with Gasteiger partial charge in [0, 0.05) is 9.58 Å². The number of rotatable bonds is 2. The topological polar surface area (TPSA) is 26.3 Å². The summed E-state index contributed by atoms with van der Waals surface area (Å²) in [5, 5.41) is 1.19. The number of fused-ring (bicyclic) bond motifs is 1. The molecule has 0 aliphatic rings. The molecule has 0 atom stereocenters. The molecule has 0 amide bonds. The standard InChI is InChI=1S/C12H12O2S/c1-3-14-12(13)10-5-4-9-6-8(2)15-11(9)7-10/h4-7H,3H2,1-2H3. The van der Waals surface area contributed by atoms with Crippen LogP contribution in [0.5, 0.6) is 0 Å². The first kappa shape index (κ1) is 10.2. The summed E-state index contributed by atoms with van der Waals surface area (Å²) in [7, 11) is 0. The zero-order valence-corrected chi connectivity index (χ0v) is 9.56. The van der Waals surface area contributed by atoms with Crippen LogP contribution in [0.4, 0.5) is 0 Å². The van der Waals surface area contributed by atoms with Crippen LogP contribution >= 0.6 is 11.3 Å². The average molecular weight is 220 g/mol. The van der Waals surface area contributed by atoms with Gasteiger partial charge < -0.3 is 4.74 Å². The maximum absolute atomic E-state index is 11.5. The van der Waals surface area contributed by atoms with Crippen LogP contribution in [0.3, 0.4) is 0 Å². The van der Waals surface area contributed by atoms with E-state index in [1.807, 2.05) is 25.1 Å². The Morgan fingerprint density at radius 2 is 2.20 bits per heavy atom. The van der Waals surface area contributed by atoms with Crippen molar-refractivity contribution < 1.29 is 9.53 Å². The van der Waals surface area contributed by atoms with Crippen molar-refractivity contribution >= 4 is 27.4 Å². The van der Waals surface area contributed by atoms with Gasteiger partial charge in [-0.05, 0) is 37.4 Å². The van der Waals surface area contributed by atoms with E-state index in [1.165, 1.54) is 10.3 Å². The number of hydrogen-bond acceptors (Lipinski definition) is 3. The molecule has 0 saturated carbocycles. The van der Waals surface area contributed by atoms with Crippen LogP contribution in [0.25, 0.3) is 10.1 Å². The highest BCUT2D eigenvalue weighted by Crippen LogP contribution is 2.26. The third kappa shape index (κ3) is 2.02. The number of esters is 1. The van der Waals surface area contributed by atoms with E-state index in [1.54, 1.807) is 11.3 Å². The second-order valence-corrected chi connectivity index (χ2v) is 4.62. The van der Waals surface area contributed by atoms with E-state index in [9.17, 15) is 4.79 Å². The lowest BCUT2D eigenvalue weighted by Gasteiger charge is -2.00. The van der Waals surface area contributed by atoms with Crippen LogP contribution in [-0.4, -0.2) is 12.6 Å². The zero-order valence-electron chi connectivity index (χ0n) is 8.74. The first-order valence-electron chi connectivity index (χ1n) is 4.88. The number of carbonyl (C=O) groups excluding carboxylic acids is 1. The van der Waals surface area contributed by atoms with Crippen LogP contribution in [-0.2, 0) is 4.74 Å². The normalized spacial score (nSPS) is 10.5. The number of hydrogen-bond donors (Lipinski definition) is 0. The van der Waals surface area contributed by atoms with E-state index in [-0.39, 0.29) is 5.97 Å². The van der Waals surface area contributed by atoms with Crippen molar-refractivity contribution in [2.75, 3.05) is 6.61 Å². The molecule has 0 aliphatic carbocycles. The number of carbonyl (C=O) groups is 1. The summed E-state index contributed by atoms with van der Waals surface area (Å²) in [5.74, 6) is -0.245. The van der Waals surface area contributed by atoms with Crippen molar-refractivity contribution in [2.45, 2.75) is 13.8 Å². The van der Waals surface area contributed by atoms with E-state index in [2.05, 4.69) is 13.0 Å². The minimum Gasteiger partial charge on any atom is -0.462 e. The number of ether oxygens (including phenoxy) is 1. The van der Waals surface area contributed by atoms with E-state index < -0.39 is 0 Å². The van der Waals surface area contributed by atoms with Crippen molar-refractivity contribution in [3.8, 4) is 0 Å². The number of thiophene rings is 1. The molecule has 0 aliphatic heterocycles. The average Bonchev–Trinajstić information content (AvgIpc) is 2.57. The summed E-state index contributed by atoms with van der Waals surface area (Å²) in [4.78, 5) is 12.7. The molecule has 0 spiro atoms. The van der Waals surface area contributed by atoms with Gasteiger partial charge in [0.25, 0.3) is 0 Å². The highest BCUT2D eigenvalue weighted by molar-refractivity contribution is 7.19. The SMILES string of the molecule is CCOC(=O)c1ccc2cc(C)sc2c1. The van der Waals surface area contributed by atoms with Gasteiger partial charge in [-0.25, -0.2) is 4.79 Å². The third-order valence-electron chi connectivity index (χ3n) is 2.15. The van der Waals surface area contributed by atoms with Gasteiger partial charge in [-0.3, -0.25) is 0 Å². The number of benzene rings is 1. The minimum atomic E-state index is -0.245. The summed E-state index contributed by atoms with van der Waals surface area (Å²) in [6.07, 6.45) is 0. The first-order valence-corrected chi connectivity index (χ1v) is 5.69. The lowest BCUT2D eigenvalue weighted by Crippen LogP contribution is -2.03.